The van der Waals surface area contributed by atoms with Crippen molar-refractivity contribution in [2.45, 2.75) is 33.9 Å². The Morgan fingerprint density at radius 1 is 0.419 bits per heavy atom. The Labute approximate surface area is 426 Å². The van der Waals surface area contributed by atoms with Gasteiger partial charge < -0.3 is 9.13 Å². The Kier molecular flexibility index (Phi) is 10.9. The highest BCUT2D eigenvalue weighted by atomic mass is 19.4. The number of nitriles is 1. The van der Waals surface area contributed by atoms with Crippen LogP contribution in [0.2, 0.25) is 0 Å². The first-order chi connectivity index (χ1) is 35.9. The van der Waals surface area contributed by atoms with Gasteiger partial charge in [-0.2, -0.15) is 18.4 Å². The van der Waals surface area contributed by atoms with Crippen molar-refractivity contribution < 1.29 is 13.2 Å². The zero-order valence-electron chi connectivity index (χ0n) is 41.0. The summed E-state index contributed by atoms with van der Waals surface area (Å²) in [5.41, 5.74) is 15.1. The number of fused-ring (bicyclic) bond motifs is 6. The SMILES string of the molecule is [C-]#[N+]c1cccc(C(F)(F)F)c1-c1cc(-n2c3cc(-c4ccccc4C)ccc3c3ccc(-c4ccccc4C)cc32)c(C#N)c(-n2c3cc(-c4ccccc4C)ccc3c3ccc(-c4ccccc4C)cc32)c1. The molecule has 0 radical (unpaired) electrons. The van der Waals surface area contributed by atoms with Gasteiger partial charge >= 0.3 is 6.18 Å². The molecule has 0 saturated heterocycles. The molecule has 0 amide bonds. The summed E-state index contributed by atoms with van der Waals surface area (Å²) < 4.78 is 50.8. The van der Waals surface area contributed by atoms with Gasteiger partial charge in [0.2, 0.25) is 0 Å². The highest BCUT2D eigenvalue weighted by molar-refractivity contribution is 6.13. The van der Waals surface area contributed by atoms with E-state index >= 15 is 13.2 Å². The molecule has 12 rings (SSSR count). The fourth-order valence-electron chi connectivity index (χ4n) is 11.2. The van der Waals surface area contributed by atoms with Crippen molar-refractivity contribution in [2.24, 2.45) is 0 Å². The van der Waals surface area contributed by atoms with E-state index in [9.17, 15) is 5.26 Å². The Balaban J connectivity index is 1.28. The molecule has 2 aromatic heterocycles. The molecule has 7 heteroatoms. The highest BCUT2D eigenvalue weighted by Crippen LogP contribution is 2.48. The maximum atomic E-state index is 15.6. The van der Waals surface area contributed by atoms with Crippen molar-refractivity contribution in [1.29, 1.82) is 5.26 Å². The number of nitrogens with zero attached hydrogens (tertiary/aromatic N) is 4. The van der Waals surface area contributed by atoms with E-state index in [4.69, 9.17) is 6.57 Å². The van der Waals surface area contributed by atoms with Crippen LogP contribution in [0, 0.1) is 45.6 Å². The molecule has 0 fully saturated rings. The molecule has 0 atom stereocenters. The predicted octanol–water partition coefficient (Wildman–Crippen LogP) is 18.9. The molecule has 0 saturated carbocycles. The van der Waals surface area contributed by atoms with E-state index in [1.807, 2.05) is 48.5 Å². The van der Waals surface area contributed by atoms with Crippen LogP contribution in [0.3, 0.4) is 0 Å². The maximum Gasteiger partial charge on any atom is 0.415 e. The van der Waals surface area contributed by atoms with Gasteiger partial charge in [0.05, 0.1) is 45.6 Å². The molecule has 0 N–H and O–H groups in total. The minimum atomic E-state index is -4.82. The number of aromatic nitrogens is 2. The lowest BCUT2D eigenvalue weighted by Gasteiger charge is -2.21. The van der Waals surface area contributed by atoms with Crippen molar-refractivity contribution in [1.82, 2.24) is 9.13 Å². The third kappa shape index (κ3) is 7.44. The first kappa shape index (κ1) is 45.7. The molecule has 4 nitrogen and oxygen atoms in total. The molecule has 0 unspecified atom stereocenters. The molecule has 0 aliphatic rings. The molecule has 10 aromatic carbocycles. The molecule has 0 aliphatic heterocycles. The van der Waals surface area contributed by atoms with Gasteiger partial charge in [0.15, 0.2) is 5.69 Å². The standard InChI is InChI=1S/C67H45F3N4/c1-40-15-6-10-19-49(40)44-25-29-53-54-30-26-45(50-20-11-7-16-41(50)2)34-61(54)73(60(53)33-44)64-37-48(66-58(67(68,69)70)23-14-24-59(66)72-5)38-65(57(64)39-71)74-62-35-46(51-21-12-8-17-42(51)3)27-31-55(62)56-32-28-47(36-63(56)74)52-22-13-9-18-43(52)4/h6-38H,1-4H3. The third-order valence-electron chi connectivity index (χ3n) is 14.8. The van der Waals surface area contributed by atoms with Gasteiger partial charge in [-0.15, -0.1) is 0 Å². The quantitative estimate of drug-likeness (QED) is 0.147. The maximum absolute atomic E-state index is 15.6. The van der Waals surface area contributed by atoms with Gasteiger partial charge in [-0.1, -0.05) is 164 Å². The van der Waals surface area contributed by atoms with Gasteiger partial charge in [0.1, 0.15) is 11.6 Å². The van der Waals surface area contributed by atoms with Crippen LogP contribution in [-0.2, 0) is 6.18 Å². The molecule has 2 heterocycles. The fourth-order valence-corrected chi connectivity index (χ4v) is 11.2. The van der Waals surface area contributed by atoms with Gasteiger partial charge in [-0.25, -0.2) is 4.85 Å². The summed E-state index contributed by atoms with van der Waals surface area (Å²) in [4.78, 5) is 3.73. The second-order valence-corrected chi connectivity index (χ2v) is 19.2. The van der Waals surface area contributed by atoms with Crippen LogP contribution in [0.25, 0.3) is 115 Å². The predicted molar refractivity (Wildman–Crippen MR) is 297 cm³/mol. The summed E-state index contributed by atoms with van der Waals surface area (Å²) >= 11 is 0. The first-order valence-corrected chi connectivity index (χ1v) is 24.5. The number of aryl methyl sites for hydroxylation is 4. The van der Waals surface area contributed by atoms with Gasteiger partial charge in [0, 0.05) is 21.5 Å². The smallest absolute Gasteiger partial charge is 0.308 e. The zero-order valence-corrected chi connectivity index (χ0v) is 41.0. The summed E-state index contributed by atoms with van der Waals surface area (Å²) in [7, 11) is 0. The number of halogens is 3. The molecular weight excluding hydrogens is 918 g/mol. The third-order valence-corrected chi connectivity index (χ3v) is 14.8. The van der Waals surface area contributed by atoms with E-state index in [0.29, 0.717) is 11.4 Å². The van der Waals surface area contributed by atoms with E-state index in [1.165, 1.54) is 12.1 Å². The molecule has 0 bridgehead atoms. The lowest BCUT2D eigenvalue weighted by atomic mass is 9.94. The summed E-state index contributed by atoms with van der Waals surface area (Å²) in [5, 5.41) is 15.6. The molecule has 0 spiro atoms. The van der Waals surface area contributed by atoms with Crippen molar-refractivity contribution in [3.05, 3.63) is 245 Å². The van der Waals surface area contributed by atoms with Crippen LogP contribution < -0.4 is 0 Å². The van der Waals surface area contributed by atoms with E-state index in [1.54, 1.807) is 12.1 Å². The highest BCUT2D eigenvalue weighted by Gasteiger charge is 2.35. The second-order valence-electron chi connectivity index (χ2n) is 19.2. The number of hydrogen-bond acceptors (Lipinski definition) is 1. The van der Waals surface area contributed by atoms with Gasteiger partial charge in [0.25, 0.3) is 0 Å². The normalized spacial score (nSPS) is 11.7. The molecule has 12 aromatic rings. The second kappa shape index (κ2) is 17.7. The van der Waals surface area contributed by atoms with Crippen molar-refractivity contribution in [3.63, 3.8) is 0 Å². The lowest BCUT2D eigenvalue weighted by molar-refractivity contribution is -0.137. The first-order valence-electron chi connectivity index (χ1n) is 24.5. The minimum absolute atomic E-state index is 0.146. The molecule has 74 heavy (non-hydrogen) atoms. The molecule has 354 valence electrons. The van der Waals surface area contributed by atoms with E-state index < -0.39 is 11.7 Å². The Morgan fingerprint density at radius 2 is 0.757 bits per heavy atom. The van der Waals surface area contributed by atoms with Gasteiger partial charge in [-0.05, 0) is 142 Å². The number of benzene rings is 10. The summed E-state index contributed by atoms with van der Waals surface area (Å²) in [6.45, 7) is 16.6. The molecule has 0 aliphatic carbocycles. The average molecular weight is 963 g/mol. The Bertz CT molecular complexity index is 3940. The van der Waals surface area contributed by atoms with Crippen molar-refractivity contribution >= 4 is 49.3 Å². The van der Waals surface area contributed by atoms with Crippen LogP contribution in [-0.4, -0.2) is 9.13 Å². The van der Waals surface area contributed by atoms with E-state index in [-0.39, 0.29) is 22.4 Å². The van der Waals surface area contributed by atoms with E-state index in [0.717, 1.165) is 116 Å². The minimum Gasteiger partial charge on any atom is -0.308 e. The van der Waals surface area contributed by atoms with Crippen LogP contribution in [0.15, 0.2) is 200 Å². The number of rotatable bonds is 7. The van der Waals surface area contributed by atoms with E-state index in [2.05, 4.69) is 169 Å². The van der Waals surface area contributed by atoms with Crippen molar-refractivity contribution in [2.75, 3.05) is 0 Å². The lowest BCUT2D eigenvalue weighted by Crippen LogP contribution is -2.09. The summed E-state index contributed by atoms with van der Waals surface area (Å²) in [5.74, 6) is 0. The van der Waals surface area contributed by atoms with Crippen LogP contribution in [0.1, 0.15) is 33.4 Å². The summed E-state index contributed by atoms with van der Waals surface area (Å²) in [6, 6.07) is 67.7. The fraction of sp³-hybridized carbons (Fsp3) is 0.0746. The zero-order chi connectivity index (χ0) is 51.0. The topological polar surface area (TPSA) is 38.0 Å². The average Bonchev–Trinajstić information content (AvgIpc) is 3.91. The van der Waals surface area contributed by atoms with Crippen LogP contribution >= 0.6 is 0 Å². The van der Waals surface area contributed by atoms with Crippen LogP contribution in [0.5, 0.6) is 0 Å². The van der Waals surface area contributed by atoms with Gasteiger partial charge in [-0.3, -0.25) is 0 Å². The van der Waals surface area contributed by atoms with Crippen LogP contribution in [0.4, 0.5) is 18.9 Å². The number of alkyl halides is 3. The number of hydrogen-bond donors (Lipinski definition) is 0. The largest absolute Gasteiger partial charge is 0.415 e. The Morgan fingerprint density at radius 3 is 1.05 bits per heavy atom. The monoisotopic (exact) mass is 962 g/mol. The molecular formula is C67H45F3N4. The summed E-state index contributed by atoms with van der Waals surface area (Å²) in [6.07, 6.45) is -4.82. The van der Waals surface area contributed by atoms with Crippen molar-refractivity contribution in [3.8, 4) is 73.1 Å². The Hall–Kier alpha value is -9.43.